The van der Waals surface area contributed by atoms with Crippen LogP contribution in [0.5, 0.6) is 0 Å². The van der Waals surface area contributed by atoms with Crippen molar-refractivity contribution in [2.45, 2.75) is 26.6 Å². The molecule has 0 unspecified atom stereocenters. The number of nitrogens with zero attached hydrogens (tertiary/aromatic N) is 2. The van der Waals surface area contributed by atoms with Gasteiger partial charge in [-0.05, 0) is 66.2 Å². The molecule has 0 aliphatic carbocycles. The molecule has 0 radical (unpaired) electrons. The Hall–Kier alpha value is -3.08. The largest absolute Gasteiger partial charge is 0.345 e. The third kappa shape index (κ3) is 5.78. The number of halogens is 1. The molecule has 0 amide bonds. The molecule has 32 heavy (non-hydrogen) atoms. The maximum Gasteiger partial charge on any atom is 0.174 e. The van der Waals surface area contributed by atoms with Gasteiger partial charge in [-0.3, -0.25) is 0 Å². The Morgan fingerprint density at radius 2 is 1.62 bits per heavy atom. The zero-order valence-electron chi connectivity index (χ0n) is 18.0. The third-order valence-corrected chi connectivity index (χ3v) is 6.00. The highest BCUT2D eigenvalue weighted by Crippen LogP contribution is 2.19. The molecule has 0 saturated heterocycles. The van der Waals surface area contributed by atoms with Crippen molar-refractivity contribution in [3.63, 3.8) is 0 Å². The van der Waals surface area contributed by atoms with Crippen LogP contribution in [0.2, 0.25) is 5.02 Å². The summed E-state index contributed by atoms with van der Waals surface area (Å²) in [6.45, 7) is 4.27. The van der Waals surface area contributed by atoms with Gasteiger partial charge in [0, 0.05) is 35.7 Å². The minimum Gasteiger partial charge on any atom is -0.345 e. The van der Waals surface area contributed by atoms with E-state index in [4.69, 9.17) is 23.8 Å². The van der Waals surface area contributed by atoms with Crippen LogP contribution in [0.1, 0.15) is 22.4 Å². The number of para-hydroxylation sites is 1. The Balaban J connectivity index is 1.56. The maximum absolute atomic E-state index is 6.19. The van der Waals surface area contributed by atoms with Gasteiger partial charge in [-0.1, -0.05) is 72.3 Å². The predicted molar refractivity (Wildman–Crippen MR) is 138 cm³/mol. The lowest BCUT2D eigenvalue weighted by atomic mass is 10.2. The Labute approximate surface area is 200 Å². The number of anilines is 1. The van der Waals surface area contributed by atoms with E-state index in [9.17, 15) is 0 Å². The summed E-state index contributed by atoms with van der Waals surface area (Å²) in [7, 11) is 0. The molecule has 3 aromatic carbocycles. The first-order valence-corrected chi connectivity index (χ1v) is 11.4. The van der Waals surface area contributed by atoms with Crippen LogP contribution in [0.15, 0.2) is 97.2 Å². The van der Waals surface area contributed by atoms with Crippen molar-refractivity contribution in [3.05, 3.63) is 125 Å². The van der Waals surface area contributed by atoms with E-state index in [1.165, 1.54) is 22.4 Å². The van der Waals surface area contributed by atoms with Crippen LogP contribution in [-0.4, -0.2) is 14.6 Å². The number of aromatic nitrogens is 1. The highest BCUT2D eigenvalue weighted by atomic mass is 35.5. The molecule has 4 rings (SSSR count). The van der Waals surface area contributed by atoms with Crippen LogP contribution >= 0.6 is 23.8 Å². The Bertz CT molecular complexity index is 1190. The summed E-state index contributed by atoms with van der Waals surface area (Å²) in [6, 6.07) is 30.9. The molecule has 0 atom stereocenters. The van der Waals surface area contributed by atoms with Gasteiger partial charge in [0.25, 0.3) is 0 Å². The molecule has 0 aliphatic rings. The molecule has 0 bridgehead atoms. The summed E-state index contributed by atoms with van der Waals surface area (Å²) in [4.78, 5) is 2.21. The number of benzene rings is 3. The number of nitrogens with one attached hydrogen (secondary N) is 1. The van der Waals surface area contributed by atoms with Gasteiger partial charge >= 0.3 is 0 Å². The number of thiocarbonyl (C=S) groups is 1. The summed E-state index contributed by atoms with van der Waals surface area (Å²) in [6.07, 6.45) is 2.11. The van der Waals surface area contributed by atoms with E-state index in [2.05, 4.69) is 82.5 Å². The molecule has 5 heteroatoms. The van der Waals surface area contributed by atoms with Gasteiger partial charge in [0.2, 0.25) is 0 Å². The van der Waals surface area contributed by atoms with E-state index in [-0.39, 0.29) is 0 Å². The van der Waals surface area contributed by atoms with Crippen LogP contribution in [0.4, 0.5) is 5.69 Å². The standard InChI is InChI=1S/C27H26ClN3S/c1-21-9-5-6-15-26(21)29-27(32)31(18-22-10-3-2-4-11-22)20-25-14-8-16-30(25)19-23-12-7-13-24(28)17-23/h2-17H,18-20H2,1H3,(H,29,32). The minimum absolute atomic E-state index is 0.695. The molecule has 3 nitrogen and oxygen atoms in total. The number of hydrogen-bond donors (Lipinski definition) is 1. The van der Waals surface area contributed by atoms with Gasteiger partial charge in [-0.25, -0.2) is 0 Å². The average molecular weight is 460 g/mol. The first-order chi connectivity index (χ1) is 15.6. The second-order valence-corrected chi connectivity index (χ2v) is 8.67. The smallest absolute Gasteiger partial charge is 0.174 e. The van der Waals surface area contributed by atoms with Crippen LogP contribution < -0.4 is 5.32 Å². The van der Waals surface area contributed by atoms with E-state index < -0.39 is 0 Å². The molecule has 0 fully saturated rings. The summed E-state index contributed by atoms with van der Waals surface area (Å²) in [5.74, 6) is 0. The van der Waals surface area contributed by atoms with Crippen LogP contribution in [0, 0.1) is 6.92 Å². The first kappa shape index (κ1) is 22.1. The number of aryl methyl sites for hydroxylation is 1. The Morgan fingerprint density at radius 1 is 0.875 bits per heavy atom. The van der Waals surface area contributed by atoms with Crippen molar-refractivity contribution in [2.75, 3.05) is 5.32 Å². The van der Waals surface area contributed by atoms with Gasteiger partial charge in [-0.15, -0.1) is 0 Å². The van der Waals surface area contributed by atoms with Gasteiger partial charge in [0.05, 0.1) is 6.54 Å². The fraction of sp³-hybridized carbons (Fsp3) is 0.148. The average Bonchev–Trinajstić information content (AvgIpc) is 3.22. The van der Waals surface area contributed by atoms with Crippen LogP contribution in [0.25, 0.3) is 0 Å². The van der Waals surface area contributed by atoms with Gasteiger partial charge in [-0.2, -0.15) is 0 Å². The van der Waals surface area contributed by atoms with Crippen molar-refractivity contribution in [1.82, 2.24) is 9.47 Å². The second-order valence-electron chi connectivity index (χ2n) is 7.84. The van der Waals surface area contributed by atoms with E-state index in [1.807, 2.05) is 36.4 Å². The van der Waals surface area contributed by atoms with Crippen LogP contribution in [-0.2, 0) is 19.6 Å². The number of rotatable bonds is 7. The van der Waals surface area contributed by atoms with Crippen LogP contribution in [0.3, 0.4) is 0 Å². The SMILES string of the molecule is Cc1ccccc1NC(=S)N(Cc1ccccc1)Cc1cccn1Cc1cccc(Cl)c1. The molecule has 0 aliphatic heterocycles. The molecule has 162 valence electrons. The van der Waals surface area contributed by atoms with E-state index in [0.717, 1.165) is 23.8 Å². The molecule has 4 aromatic rings. The minimum atomic E-state index is 0.695. The van der Waals surface area contributed by atoms with Crippen molar-refractivity contribution in [2.24, 2.45) is 0 Å². The Kier molecular flexibility index (Phi) is 7.25. The maximum atomic E-state index is 6.19. The van der Waals surface area contributed by atoms with Gasteiger partial charge in [0.15, 0.2) is 5.11 Å². The highest BCUT2D eigenvalue weighted by Gasteiger charge is 2.15. The van der Waals surface area contributed by atoms with E-state index in [0.29, 0.717) is 11.7 Å². The molecule has 0 spiro atoms. The third-order valence-electron chi connectivity index (χ3n) is 5.41. The lowest BCUT2D eigenvalue weighted by Crippen LogP contribution is -2.34. The number of hydrogen-bond acceptors (Lipinski definition) is 1. The summed E-state index contributed by atoms with van der Waals surface area (Å²) >= 11 is 12.1. The van der Waals surface area contributed by atoms with Crippen molar-refractivity contribution in [1.29, 1.82) is 0 Å². The first-order valence-electron chi connectivity index (χ1n) is 10.6. The monoisotopic (exact) mass is 459 g/mol. The molecule has 1 heterocycles. The topological polar surface area (TPSA) is 20.2 Å². The lowest BCUT2D eigenvalue weighted by Gasteiger charge is -2.27. The fourth-order valence-corrected chi connectivity index (χ4v) is 4.14. The zero-order chi connectivity index (χ0) is 22.3. The van der Waals surface area contributed by atoms with Crippen molar-refractivity contribution >= 4 is 34.6 Å². The Morgan fingerprint density at radius 3 is 2.41 bits per heavy atom. The highest BCUT2D eigenvalue weighted by molar-refractivity contribution is 7.80. The molecule has 1 aromatic heterocycles. The van der Waals surface area contributed by atoms with Gasteiger partial charge < -0.3 is 14.8 Å². The molecule has 0 saturated carbocycles. The summed E-state index contributed by atoms with van der Waals surface area (Å²) in [5.41, 5.74) is 5.78. The fourth-order valence-electron chi connectivity index (χ4n) is 3.69. The molecular weight excluding hydrogens is 434 g/mol. The lowest BCUT2D eigenvalue weighted by molar-refractivity contribution is 0.399. The molecule has 1 N–H and O–H groups in total. The summed E-state index contributed by atoms with van der Waals surface area (Å²) in [5, 5.41) is 4.91. The normalized spacial score (nSPS) is 10.7. The van der Waals surface area contributed by atoms with Crippen molar-refractivity contribution < 1.29 is 0 Å². The van der Waals surface area contributed by atoms with Crippen molar-refractivity contribution in [3.8, 4) is 0 Å². The van der Waals surface area contributed by atoms with E-state index in [1.54, 1.807) is 0 Å². The predicted octanol–water partition coefficient (Wildman–Crippen LogP) is 6.90. The van der Waals surface area contributed by atoms with Gasteiger partial charge in [0.1, 0.15) is 0 Å². The molecular formula is C27H26ClN3S. The van der Waals surface area contributed by atoms with E-state index >= 15 is 0 Å². The second kappa shape index (κ2) is 10.5. The zero-order valence-corrected chi connectivity index (χ0v) is 19.6. The quantitative estimate of drug-likeness (QED) is 0.303. The summed E-state index contributed by atoms with van der Waals surface area (Å²) < 4.78 is 2.25.